The van der Waals surface area contributed by atoms with E-state index in [0.29, 0.717) is 0 Å². The number of fused-ring (bicyclic) bond motifs is 2. The molecule has 4 aromatic carbocycles. The average Bonchev–Trinajstić information content (AvgIpc) is 2.90. The molecule has 6 nitrogen and oxygen atoms in total. The summed E-state index contributed by atoms with van der Waals surface area (Å²) >= 11 is 0. The van der Waals surface area contributed by atoms with Gasteiger partial charge < -0.3 is 0 Å². The van der Waals surface area contributed by atoms with Crippen molar-refractivity contribution in [3.8, 4) is 0 Å². The minimum atomic E-state index is -0.511. The predicted molar refractivity (Wildman–Crippen MR) is 138 cm³/mol. The van der Waals surface area contributed by atoms with E-state index in [1.807, 2.05) is 0 Å². The van der Waals surface area contributed by atoms with E-state index in [9.17, 15) is 28.0 Å². The molecule has 8 heteroatoms. The molecule has 0 aliphatic heterocycles. The SMILES string of the molecule is CC(=O)N(c1ccc(F)cc1)c1ccc(N(C(C)=O)c2ccc(F)cc2)c2c1C(=O)c1ccccc1C2=O. The maximum absolute atomic E-state index is 13.9. The molecule has 4 aromatic rings. The van der Waals surface area contributed by atoms with Crippen molar-refractivity contribution in [1.82, 2.24) is 0 Å². The van der Waals surface area contributed by atoms with Crippen LogP contribution in [0.2, 0.25) is 0 Å². The summed E-state index contributed by atoms with van der Waals surface area (Å²) in [7, 11) is 0. The van der Waals surface area contributed by atoms with Crippen molar-refractivity contribution >= 4 is 46.1 Å². The van der Waals surface area contributed by atoms with Gasteiger partial charge >= 0.3 is 0 Å². The van der Waals surface area contributed by atoms with Crippen LogP contribution in [0.3, 0.4) is 0 Å². The lowest BCUT2D eigenvalue weighted by Gasteiger charge is -2.31. The van der Waals surface area contributed by atoms with Crippen molar-refractivity contribution in [1.29, 1.82) is 0 Å². The number of hydrogen-bond acceptors (Lipinski definition) is 4. The van der Waals surface area contributed by atoms with Gasteiger partial charge in [-0.2, -0.15) is 0 Å². The monoisotopic (exact) mass is 510 g/mol. The lowest BCUT2D eigenvalue weighted by molar-refractivity contribution is -0.116. The molecule has 0 radical (unpaired) electrons. The van der Waals surface area contributed by atoms with Crippen molar-refractivity contribution in [2.75, 3.05) is 9.80 Å². The van der Waals surface area contributed by atoms with E-state index >= 15 is 0 Å². The highest BCUT2D eigenvalue weighted by Gasteiger charge is 2.37. The third-order valence-electron chi connectivity index (χ3n) is 6.31. The summed E-state index contributed by atoms with van der Waals surface area (Å²) in [5.41, 5.74) is 0.962. The molecule has 0 saturated carbocycles. The van der Waals surface area contributed by atoms with Gasteiger partial charge in [-0.05, 0) is 60.7 Å². The number of halogens is 2. The highest BCUT2D eigenvalue weighted by atomic mass is 19.1. The second-order valence-corrected chi connectivity index (χ2v) is 8.72. The second-order valence-electron chi connectivity index (χ2n) is 8.72. The Hall–Kier alpha value is -4.98. The van der Waals surface area contributed by atoms with Gasteiger partial charge in [-0.15, -0.1) is 0 Å². The van der Waals surface area contributed by atoms with E-state index in [-0.39, 0.29) is 45.0 Å². The Morgan fingerprint density at radius 2 is 0.895 bits per heavy atom. The lowest BCUT2D eigenvalue weighted by atomic mass is 9.81. The first kappa shape index (κ1) is 24.7. The Bertz CT molecular complexity index is 1510. The number of carbonyl (C=O) groups excluding carboxylic acids is 4. The molecule has 1 aliphatic carbocycles. The van der Waals surface area contributed by atoms with Gasteiger partial charge in [0.25, 0.3) is 0 Å². The quantitative estimate of drug-likeness (QED) is 0.292. The van der Waals surface area contributed by atoms with Gasteiger partial charge in [-0.1, -0.05) is 24.3 Å². The number of anilines is 4. The lowest BCUT2D eigenvalue weighted by Crippen LogP contribution is -2.32. The number of nitrogens with zero attached hydrogens (tertiary/aromatic N) is 2. The summed E-state index contributed by atoms with van der Waals surface area (Å²) in [4.78, 5) is 56.0. The molecular weight excluding hydrogens is 490 g/mol. The van der Waals surface area contributed by atoms with Gasteiger partial charge in [0, 0.05) is 36.3 Å². The number of carbonyl (C=O) groups is 4. The predicted octanol–water partition coefficient (Wildman–Crippen LogP) is 6.11. The Balaban J connectivity index is 1.83. The molecule has 0 fully saturated rings. The summed E-state index contributed by atoms with van der Waals surface area (Å²) in [5.74, 6) is -3.00. The van der Waals surface area contributed by atoms with E-state index in [4.69, 9.17) is 0 Å². The van der Waals surface area contributed by atoms with Gasteiger partial charge in [-0.3, -0.25) is 29.0 Å². The summed E-state index contributed by atoms with van der Waals surface area (Å²) in [6.45, 7) is 2.57. The molecule has 0 atom stereocenters. The Kier molecular flexibility index (Phi) is 6.16. The molecule has 0 aromatic heterocycles. The zero-order chi connectivity index (χ0) is 27.1. The third-order valence-corrected chi connectivity index (χ3v) is 6.31. The molecule has 188 valence electrons. The van der Waals surface area contributed by atoms with Crippen LogP contribution in [0.1, 0.15) is 45.7 Å². The highest BCUT2D eigenvalue weighted by molar-refractivity contribution is 6.33. The van der Waals surface area contributed by atoms with Crippen LogP contribution in [0.4, 0.5) is 31.5 Å². The zero-order valence-corrected chi connectivity index (χ0v) is 20.4. The number of benzene rings is 4. The van der Waals surface area contributed by atoms with E-state index in [0.717, 1.165) is 0 Å². The summed E-state index contributed by atoms with van der Waals surface area (Å²) in [6, 6.07) is 19.5. The minimum Gasteiger partial charge on any atom is -0.288 e. The molecule has 0 heterocycles. The third kappa shape index (κ3) is 4.06. The fourth-order valence-corrected chi connectivity index (χ4v) is 4.72. The first-order valence-corrected chi connectivity index (χ1v) is 11.7. The van der Waals surface area contributed by atoms with Gasteiger partial charge in [0.15, 0.2) is 11.6 Å². The van der Waals surface area contributed by atoms with Crippen LogP contribution in [0.25, 0.3) is 0 Å². The van der Waals surface area contributed by atoms with Crippen LogP contribution in [-0.2, 0) is 9.59 Å². The number of amides is 2. The smallest absolute Gasteiger partial charge is 0.228 e. The van der Waals surface area contributed by atoms with E-state index < -0.39 is 35.0 Å². The standard InChI is InChI=1S/C30H20F2N2O4/c1-17(35)33(21-11-7-19(31)8-12-21)25-15-16-26(34(18(2)36)22-13-9-20(32)10-14-22)28-27(25)29(37)23-5-3-4-6-24(23)30(28)38/h3-16H,1-2H3. The van der Waals surface area contributed by atoms with E-state index in [1.165, 1.54) is 96.4 Å². The molecule has 0 bridgehead atoms. The molecule has 5 rings (SSSR count). The van der Waals surface area contributed by atoms with Crippen molar-refractivity contribution < 1.29 is 28.0 Å². The number of rotatable bonds is 4. The van der Waals surface area contributed by atoms with Crippen molar-refractivity contribution in [3.63, 3.8) is 0 Å². The maximum Gasteiger partial charge on any atom is 0.228 e. The average molecular weight is 510 g/mol. The number of hydrogen-bond donors (Lipinski definition) is 0. The van der Waals surface area contributed by atoms with Crippen LogP contribution in [0.5, 0.6) is 0 Å². The van der Waals surface area contributed by atoms with Crippen LogP contribution < -0.4 is 9.80 Å². The number of ketones is 2. The molecule has 0 unspecified atom stereocenters. The van der Waals surface area contributed by atoms with Gasteiger partial charge in [0.2, 0.25) is 11.8 Å². The van der Waals surface area contributed by atoms with Crippen molar-refractivity contribution in [2.24, 2.45) is 0 Å². The van der Waals surface area contributed by atoms with Crippen molar-refractivity contribution in [2.45, 2.75) is 13.8 Å². The molecule has 0 spiro atoms. The summed E-state index contributed by atoms with van der Waals surface area (Å²) < 4.78 is 27.3. The topological polar surface area (TPSA) is 74.8 Å². The maximum atomic E-state index is 13.9. The Morgan fingerprint density at radius 1 is 0.553 bits per heavy atom. The molecule has 0 N–H and O–H groups in total. The van der Waals surface area contributed by atoms with Crippen LogP contribution in [0, 0.1) is 11.6 Å². The Labute approximate surface area is 216 Å². The first-order chi connectivity index (χ1) is 18.2. The highest BCUT2D eigenvalue weighted by Crippen LogP contribution is 2.43. The normalized spacial score (nSPS) is 12.0. The fourth-order valence-electron chi connectivity index (χ4n) is 4.72. The largest absolute Gasteiger partial charge is 0.288 e. The van der Waals surface area contributed by atoms with Gasteiger partial charge in [0.05, 0.1) is 22.5 Å². The van der Waals surface area contributed by atoms with Crippen molar-refractivity contribution in [3.05, 3.63) is 119 Å². The molecule has 2 amide bonds. The molecular formula is C30H20F2N2O4. The fraction of sp³-hybridized carbons (Fsp3) is 0.0667. The molecule has 1 aliphatic rings. The zero-order valence-electron chi connectivity index (χ0n) is 20.4. The molecule has 0 saturated heterocycles. The second kappa shape index (κ2) is 9.48. The molecule has 38 heavy (non-hydrogen) atoms. The van der Waals surface area contributed by atoms with Crippen LogP contribution in [-0.4, -0.2) is 23.4 Å². The summed E-state index contributed by atoms with van der Waals surface area (Å²) in [5, 5.41) is 0. The van der Waals surface area contributed by atoms with E-state index in [1.54, 1.807) is 12.1 Å². The van der Waals surface area contributed by atoms with Crippen LogP contribution >= 0.6 is 0 Å². The van der Waals surface area contributed by atoms with Gasteiger partial charge in [0.1, 0.15) is 11.6 Å². The minimum absolute atomic E-state index is 0.0703. The first-order valence-electron chi connectivity index (χ1n) is 11.7. The summed E-state index contributed by atoms with van der Waals surface area (Å²) in [6.07, 6.45) is 0. The van der Waals surface area contributed by atoms with E-state index in [2.05, 4.69) is 0 Å². The Morgan fingerprint density at radius 3 is 1.21 bits per heavy atom. The van der Waals surface area contributed by atoms with Gasteiger partial charge in [-0.25, -0.2) is 8.78 Å². The van der Waals surface area contributed by atoms with Crippen LogP contribution in [0.15, 0.2) is 84.9 Å².